The van der Waals surface area contributed by atoms with Gasteiger partial charge in [-0.05, 0) is 60.7 Å². The molecule has 0 radical (unpaired) electrons. The Kier molecular flexibility index (Phi) is 14.5. The molecule has 0 saturated carbocycles. The van der Waals surface area contributed by atoms with Gasteiger partial charge >= 0.3 is 0 Å². The predicted octanol–water partition coefficient (Wildman–Crippen LogP) is 0.833. The minimum atomic E-state index is 0.583. The maximum atomic E-state index is 4.91. The minimum Gasteiger partial charge on any atom is -0.327 e. The molecular formula is C18H42N6. The molecule has 1 saturated heterocycles. The van der Waals surface area contributed by atoms with Gasteiger partial charge in [0.1, 0.15) is 0 Å². The van der Waals surface area contributed by atoms with Gasteiger partial charge in [-0.15, -0.1) is 6.58 Å². The molecule has 0 aliphatic carbocycles. The molecule has 0 atom stereocenters. The summed E-state index contributed by atoms with van der Waals surface area (Å²) in [4.78, 5) is 12.3. The van der Waals surface area contributed by atoms with Gasteiger partial charge in [-0.2, -0.15) is 0 Å². The topological polar surface area (TPSA) is 42.2 Å². The summed E-state index contributed by atoms with van der Waals surface area (Å²) in [6.07, 6.45) is 4.17. The zero-order valence-corrected chi connectivity index (χ0v) is 16.9. The van der Waals surface area contributed by atoms with E-state index in [1.807, 2.05) is 0 Å². The Bertz CT molecular complexity index is 273. The van der Waals surface area contributed by atoms with Gasteiger partial charge in [0.25, 0.3) is 0 Å². The summed E-state index contributed by atoms with van der Waals surface area (Å²) in [5.41, 5.74) is 4.91. The Morgan fingerprint density at radius 2 is 1.25 bits per heavy atom. The van der Waals surface area contributed by atoms with Crippen molar-refractivity contribution in [2.24, 2.45) is 5.73 Å². The lowest BCUT2D eigenvalue weighted by Gasteiger charge is -2.42. The average Bonchev–Trinajstić information content (AvgIpc) is 2.54. The summed E-state index contributed by atoms with van der Waals surface area (Å²) in [5.74, 6) is 0. The second-order valence-corrected chi connectivity index (χ2v) is 7.04. The fourth-order valence-electron chi connectivity index (χ4n) is 2.69. The van der Waals surface area contributed by atoms with Crippen molar-refractivity contribution in [3.05, 3.63) is 12.7 Å². The van der Waals surface area contributed by atoms with Gasteiger partial charge in [0, 0.05) is 19.6 Å². The van der Waals surface area contributed by atoms with E-state index in [1.54, 1.807) is 6.08 Å². The van der Waals surface area contributed by atoms with E-state index in [9.17, 15) is 0 Å². The Morgan fingerprint density at radius 1 is 0.875 bits per heavy atom. The van der Waals surface area contributed by atoms with Gasteiger partial charge in [-0.25, -0.2) is 0 Å². The number of hydrogen-bond acceptors (Lipinski definition) is 6. The zero-order valence-electron chi connectivity index (χ0n) is 16.9. The maximum absolute atomic E-state index is 4.91. The van der Waals surface area contributed by atoms with Gasteiger partial charge in [0.2, 0.25) is 0 Å². The molecule has 6 nitrogen and oxygen atoms in total. The Labute approximate surface area is 150 Å². The van der Waals surface area contributed by atoms with Crippen LogP contribution in [0.3, 0.4) is 0 Å². The third kappa shape index (κ3) is 12.9. The minimum absolute atomic E-state index is 0.583. The number of hydrogen-bond donors (Lipinski definition) is 1. The summed E-state index contributed by atoms with van der Waals surface area (Å²) in [6.45, 7) is 15.5. The summed E-state index contributed by atoms with van der Waals surface area (Å²) in [7, 11) is 8.62. The summed E-state index contributed by atoms with van der Waals surface area (Å²) in [5, 5.41) is 0. The molecule has 1 rings (SSSR count). The molecule has 0 aromatic heterocycles. The van der Waals surface area contributed by atoms with E-state index >= 15 is 0 Å². The van der Waals surface area contributed by atoms with Crippen molar-refractivity contribution in [1.29, 1.82) is 0 Å². The highest BCUT2D eigenvalue weighted by molar-refractivity contribution is 4.69. The first-order chi connectivity index (χ1) is 11.4. The highest BCUT2D eigenvalue weighted by Gasteiger charge is 2.21. The van der Waals surface area contributed by atoms with Crippen LogP contribution < -0.4 is 5.73 Å². The van der Waals surface area contributed by atoms with Gasteiger partial charge in [-0.3, -0.25) is 14.7 Å². The first kappa shape index (κ1) is 23.5. The molecule has 0 bridgehead atoms. The van der Waals surface area contributed by atoms with E-state index in [-0.39, 0.29) is 0 Å². The van der Waals surface area contributed by atoms with E-state index in [4.69, 9.17) is 5.73 Å². The van der Waals surface area contributed by atoms with Crippen LogP contribution in [0.2, 0.25) is 0 Å². The first-order valence-electron chi connectivity index (χ1n) is 9.20. The molecule has 0 aromatic rings. The number of nitrogens with zero attached hydrogens (tertiary/aromatic N) is 5. The Morgan fingerprint density at radius 3 is 1.54 bits per heavy atom. The fraction of sp³-hybridized carbons (Fsp3) is 0.889. The number of rotatable bonds is 10. The lowest BCUT2D eigenvalue weighted by atomic mass is 10.3. The molecule has 144 valence electrons. The highest BCUT2D eigenvalue weighted by Crippen LogP contribution is 2.08. The molecule has 6 heteroatoms. The third-order valence-corrected chi connectivity index (χ3v) is 3.97. The second kappa shape index (κ2) is 14.8. The predicted molar refractivity (Wildman–Crippen MR) is 106 cm³/mol. The van der Waals surface area contributed by atoms with Crippen molar-refractivity contribution in [3.63, 3.8) is 0 Å². The van der Waals surface area contributed by atoms with Crippen molar-refractivity contribution in [1.82, 2.24) is 24.5 Å². The molecule has 1 aliphatic heterocycles. The normalized spacial score (nSPS) is 17.2. The van der Waals surface area contributed by atoms with E-state index in [1.165, 1.54) is 39.0 Å². The van der Waals surface area contributed by atoms with E-state index in [0.717, 1.165) is 26.6 Å². The van der Waals surface area contributed by atoms with Crippen LogP contribution in [0.25, 0.3) is 0 Å². The summed E-state index contributed by atoms with van der Waals surface area (Å²) < 4.78 is 0. The van der Waals surface area contributed by atoms with Crippen LogP contribution in [0.4, 0.5) is 0 Å². The van der Waals surface area contributed by atoms with Crippen LogP contribution >= 0.6 is 0 Å². The smallest absolute Gasteiger partial charge is 0.0530 e. The molecule has 1 aliphatic rings. The van der Waals surface area contributed by atoms with E-state index < -0.39 is 0 Å². The van der Waals surface area contributed by atoms with Crippen LogP contribution in [0.15, 0.2) is 12.7 Å². The first-order valence-corrected chi connectivity index (χ1v) is 9.20. The molecule has 0 spiro atoms. The standard InChI is InChI=1S/C15H35N5.C3H7N/c1-6-18-13-19(11-7-9-16(2)3)15-20(14-18)12-8-10-17(4)5;1-2-3-4/h6-15H2,1-5H3;2H,1,3-4H2. The van der Waals surface area contributed by atoms with Crippen molar-refractivity contribution in [3.8, 4) is 0 Å². The Balaban J connectivity index is 0.00000118. The molecule has 1 heterocycles. The molecular weight excluding hydrogens is 300 g/mol. The SMILES string of the molecule is C=CCN.CCN1CN(CCCN(C)C)CN(CCCN(C)C)C1. The Hall–Kier alpha value is -0.500. The zero-order chi connectivity index (χ0) is 18.4. The lowest BCUT2D eigenvalue weighted by Crippen LogP contribution is -2.55. The van der Waals surface area contributed by atoms with Crippen LogP contribution in [0.5, 0.6) is 0 Å². The van der Waals surface area contributed by atoms with Gasteiger partial charge in [0.05, 0.1) is 20.0 Å². The van der Waals surface area contributed by atoms with Crippen molar-refractivity contribution in [2.45, 2.75) is 19.8 Å². The van der Waals surface area contributed by atoms with E-state index in [0.29, 0.717) is 6.54 Å². The molecule has 1 fully saturated rings. The quantitative estimate of drug-likeness (QED) is 0.593. The summed E-state index contributed by atoms with van der Waals surface area (Å²) in [6, 6.07) is 0. The van der Waals surface area contributed by atoms with Gasteiger partial charge in [0.15, 0.2) is 0 Å². The van der Waals surface area contributed by atoms with Gasteiger partial charge < -0.3 is 15.5 Å². The van der Waals surface area contributed by atoms with Crippen LogP contribution in [-0.2, 0) is 0 Å². The van der Waals surface area contributed by atoms with Crippen molar-refractivity contribution < 1.29 is 0 Å². The van der Waals surface area contributed by atoms with Crippen LogP contribution in [0, 0.1) is 0 Å². The van der Waals surface area contributed by atoms with Crippen molar-refractivity contribution in [2.75, 3.05) is 87.5 Å². The van der Waals surface area contributed by atoms with Crippen LogP contribution in [0.1, 0.15) is 19.8 Å². The van der Waals surface area contributed by atoms with Gasteiger partial charge in [-0.1, -0.05) is 13.0 Å². The third-order valence-electron chi connectivity index (χ3n) is 3.97. The van der Waals surface area contributed by atoms with Crippen LogP contribution in [-0.4, -0.2) is 112 Å². The molecule has 0 unspecified atom stereocenters. The molecule has 24 heavy (non-hydrogen) atoms. The maximum Gasteiger partial charge on any atom is 0.0530 e. The monoisotopic (exact) mass is 342 g/mol. The van der Waals surface area contributed by atoms with E-state index in [2.05, 4.69) is 66.2 Å². The number of nitrogens with two attached hydrogens (primary N) is 1. The highest BCUT2D eigenvalue weighted by atomic mass is 15.5. The fourth-order valence-corrected chi connectivity index (χ4v) is 2.69. The molecule has 0 amide bonds. The lowest BCUT2D eigenvalue weighted by molar-refractivity contribution is -0.0285. The van der Waals surface area contributed by atoms with Crippen molar-refractivity contribution >= 4 is 0 Å². The second-order valence-electron chi connectivity index (χ2n) is 7.04. The molecule has 2 N–H and O–H groups in total. The molecule has 0 aromatic carbocycles. The largest absolute Gasteiger partial charge is 0.327 e. The summed E-state index contributed by atoms with van der Waals surface area (Å²) >= 11 is 0. The average molecular weight is 343 g/mol.